The second-order valence-corrected chi connectivity index (χ2v) is 4.13. The summed E-state index contributed by atoms with van der Waals surface area (Å²) >= 11 is 0. The van der Waals surface area contributed by atoms with Crippen molar-refractivity contribution in [3.8, 4) is 5.75 Å². The maximum absolute atomic E-state index is 11.4. The highest BCUT2D eigenvalue weighted by Crippen LogP contribution is 2.20. The highest BCUT2D eigenvalue weighted by molar-refractivity contribution is 5.97. The van der Waals surface area contributed by atoms with Crippen LogP contribution in [0.2, 0.25) is 0 Å². The molecule has 1 rings (SSSR count). The van der Waals surface area contributed by atoms with E-state index in [0.29, 0.717) is 11.3 Å². The van der Waals surface area contributed by atoms with Crippen molar-refractivity contribution in [3.05, 3.63) is 29.3 Å². The van der Waals surface area contributed by atoms with Crippen LogP contribution in [0.5, 0.6) is 5.75 Å². The van der Waals surface area contributed by atoms with Gasteiger partial charge in [0.25, 0.3) is 5.91 Å². The van der Waals surface area contributed by atoms with E-state index >= 15 is 0 Å². The Labute approximate surface area is 101 Å². The smallest absolute Gasteiger partial charge is 0.259 e. The second kappa shape index (κ2) is 5.48. The molecule has 0 bridgehead atoms. The number of ketones is 1. The monoisotopic (exact) mass is 235 g/mol. The van der Waals surface area contributed by atoms with E-state index in [4.69, 9.17) is 4.74 Å². The number of carbonyl (C=O) groups excluding carboxylic acids is 2. The zero-order valence-corrected chi connectivity index (χ0v) is 10.6. The molecule has 0 spiro atoms. The molecule has 0 aromatic heterocycles. The predicted octanol–water partition coefficient (Wildman–Crippen LogP) is 1.66. The Morgan fingerprint density at radius 2 is 1.94 bits per heavy atom. The van der Waals surface area contributed by atoms with Gasteiger partial charge in [-0.2, -0.15) is 0 Å². The van der Waals surface area contributed by atoms with Crippen molar-refractivity contribution in [3.63, 3.8) is 0 Å². The van der Waals surface area contributed by atoms with Crippen LogP contribution in [0.25, 0.3) is 0 Å². The van der Waals surface area contributed by atoms with E-state index in [1.807, 2.05) is 13.0 Å². The zero-order valence-electron chi connectivity index (χ0n) is 10.6. The number of benzene rings is 1. The molecule has 0 aliphatic heterocycles. The minimum Gasteiger partial charge on any atom is -0.483 e. The van der Waals surface area contributed by atoms with Crippen LogP contribution in [0.15, 0.2) is 18.2 Å². The molecule has 0 saturated heterocycles. The summed E-state index contributed by atoms with van der Waals surface area (Å²) in [5.74, 6) is 0.256. The van der Waals surface area contributed by atoms with Gasteiger partial charge in [-0.3, -0.25) is 9.59 Å². The number of hydrogen-bond acceptors (Lipinski definition) is 3. The van der Waals surface area contributed by atoms with Gasteiger partial charge in [0.1, 0.15) is 5.75 Å². The highest BCUT2D eigenvalue weighted by Gasteiger charge is 2.11. The van der Waals surface area contributed by atoms with Gasteiger partial charge in [0.15, 0.2) is 12.4 Å². The van der Waals surface area contributed by atoms with Crippen molar-refractivity contribution in [1.82, 2.24) is 4.90 Å². The van der Waals surface area contributed by atoms with E-state index in [2.05, 4.69) is 0 Å². The van der Waals surface area contributed by atoms with E-state index in [9.17, 15) is 9.59 Å². The molecule has 1 aromatic carbocycles. The summed E-state index contributed by atoms with van der Waals surface area (Å²) in [6.07, 6.45) is 0. The van der Waals surface area contributed by atoms with Crippen LogP contribution in [-0.4, -0.2) is 37.3 Å². The number of nitrogens with zero attached hydrogens (tertiary/aromatic N) is 1. The molecule has 0 fully saturated rings. The maximum Gasteiger partial charge on any atom is 0.259 e. The molecule has 0 heterocycles. The Hall–Kier alpha value is -1.84. The molecule has 1 amide bonds. The summed E-state index contributed by atoms with van der Waals surface area (Å²) in [5.41, 5.74) is 1.49. The summed E-state index contributed by atoms with van der Waals surface area (Å²) < 4.78 is 5.39. The minimum absolute atomic E-state index is 0.0588. The van der Waals surface area contributed by atoms with Gasteiger partial charge in [-0.15, -0.1) is 0 Å². The fourth-order valence-corrected chi connectivity index (χ4v) is 1.31. The highest BCUT2D eigenvalue weighted by atomic mass is 16.5. The molecule has 0 saturated carbocycles. The van der Waals surface area contributed by atoms with Gasteiger partial charge >= 0.3 is 0 Å². The number of likely N-dealkylation sites (N-methyl/N-ethyl adjacent to an activating group) is 1. The van der Waals surface area contributed by atoms with E-state index in [1.165, 1.54) is 11.8 Å². The Bertz CT molecular complexity index is 438. The summed E-state index contributed by atoms with van der Waals surface area (Å²) in [6, 6.07) is 5.32. The fourth-order valence-electron chi connectivity index (χ4n) is 1.31. The maximum atomic E-state index is 11.4. The minimum atomic E-state index is -0.138. The summed E-state index contributed by atoms with van der Waals surface area (Å²) in [6.45, 7) is 3.33. The van der Waals surface area contributed by atoms with Crippen molar-refractivity contribution in [2.24, 2.45) is 0 Å². The number of carbonyl (C=O) groups is 2. The standard InChI is InChI=1S/C13H17NO3/c1-9-5-6-11(10(2)15)12(7-9)17-8-13(16)14(3)4/h5-7H,8H2,1-4H3. The average molecular weight is 235 g/mol. The molecule has 17 heavy (non-hydrogen) atoms. The Kier molecular flexibility index (Phi) is 4.26. The molecule has 0 aliphatic carbocycles. The Morgan fingerprint density at radius 3 is 2.47 bits per heavy atom. The molecule has 4 heteroatoms. The van der Waals surface area contributed by atoms with Gasteiger partial charge in [-0.25, -0.2) is 0 Å². The fraction of sp³-hybridized carbons (Fsp3) is 0.385. The largest absolute Gasteiger partial charge is 0.483 e. The zero-order chi connectivity index (χ0) is 13.0. The topological polar surface area (TPSA) is 46.6 Å². The van der Waals surface area contributed by atoms with Crippen molar-refractivity contribution in [1.29, 1.82) is 0 Å². The number of hydrogen-bond donors (Lipinski definition) is 0. The molecule has 92 valence electrons. The van der Waals surface area contributed by atoms with E-state index in [-0.39, 0.29) is 18.3 Å². The number of aryl methyl sites for hydroxylation is 1. The van der Waals surface area contributed by atoms with Crippen molar-refractivity contribution in [2.45, 2.75) is 13.8 Å². The molecule has 1 aromatic rings. The van der Waals surface area contributed by atoms with Gasteiger partial charge in [0, 0.05) is 14.1 Å². The summed E-state index contributed by atoms with van der Waals surface area (Å²) in [5, 5.41) is 0. The van der Waals surface area contributed by atoms with Crippen LogP contribution in [-0.2, 0) is 4.79 Å². The van der Waals surface area contributed by atoms with Crippen LogP contribution in [0.4, 0.5) is 0 Å². The first-order valence-corrected chi connectivity index (χ1v) is 5.36. The lowest BCUT2D eigenvalue weighted by Gasteiger charge is -2.13. The van der Waals surface area contributed by atoms with Crippen LogP contribution in [0.1, 0.15) is 22.8 Å². The van der Waals surface area contributed by atoms with Crippen LogP contribution >= 0.6 is 0 Å². The second-order valence-electron chi connectivity index (χ2n) is 4.13. The van der Waals surface area contributed by atoms with Gasteiger partial charge in [0.05, 0.1) is 5.56 Å². The molecule has 0 radical (unpaired) electrons. The van der Waals surface area contributed by atoms with Gasteiger partial charge in [0.2, 0.25) is 0 Å². The third kappa shape index (κ3) is 3.59. The number of Topliss-reactive ketones (excluding diaryl/α,β-unsaturated/α-hetero) is 1. The third-order valence-corrected chi connectivity index (χ3v) is 2.37. The first-order valence-electron chi connectivity index (χ1n) is 5.36. The molecular weight excluding hydrogens is 218 g/mol. The van der Waals surface area contributed by atoms with Gasteiger partial charge in [-0.05, 0) is 31.5 Å². The molecule has 0 aliphatic rings. The van der Waals surface area contributed by atoms with E-state index in [0.717, 1.165) is 5.56 Å². The Morgan fingerprint density at radius 1 is 1.29 bits per heavy atom. The molecule has 4 nitrogen and oxygen atoms in total. The van der Waals surface area contributed by atoms with Crippen LogP contribution in [0.3, 0.4) is 0 Å². The lowest BCUT2D eigenvalue weighted by molar-refractivity contribution is -0.130. The molecule has 0 N–H and O–H groups in total. The SMILES string of the molecule is CC(=O)c1ccc(C)cc1OCC(=O)N(C)C. The van der Waals surface area contributed by atoms with Gasteiger partial charge < -0.3 is 9.64 Å². The number of rotatable bonds is 4. The van der Waals surface area contributed by atoms with Crippen LogP contribution < -0.4 is 4.74 Å². The van der Waals surface area contributed by atoms with Crippen molar-refractivity contribution >= 4 is 11.7 Å². The first kappa shape index (κ1) is 13.2. The van der Waals surface area contributed by atoms with Gasteiger partial charge in [-0.1, -0.05) is 6.07 Å². The molecule has 0 unspecified atom stereocenters. The van der Waals surface area contributed by atoms with Crippen molar-refractivity contribution in [2.75, 3.05) is 20.7 Å². The van der Waals surface area contributed by atoms with Crippen molar-refractivity contribution < 1.29 is 14.3 Å². The normalized spacial score (nSPS) is 9.88. The predicted molar refractivity (Wildman–Crippen MR) is 65.4 cm³/mol. The van der Waals surface area contributed by atoms with E-state index < -0.39 is 0 Å². The quantitative estimate of drug-likeness (QED) is 0.746. The Balaban J connectivity index is 2.86. The third-order valence-electron chi connectivity index (χ3n) is 2.37. The first-order chi connectivity index (χ1) is 7.91. The summed E-state index contributed by atoms with van der Waals surface area (Å²) in [7, 11) is 3.32. The molecular formula is C13H17NO3. The lowest BCUT2D eigenvalue weighted by atomic mass is 10.1. The lowest BCUT2D eigenvalue weighted by Crippen LogP contribution is -2.27. The average Bonchev–Trinajstić information content (AvgIpc) is 2.25. The molecule has 0 atom stereocenters. The number of amides is 1. The van der Waals surface area contributed by atoms with E-state index in [1.54, 1.807) is 26.2 Å². The number of ether oxygens (including phenoxy) is 1. The summed E-state index contributed by atoms with van der Waals surface area (Å²) in [4.78, 5) is 24.2. The van der Waals surface area contributed by atoms with Crippen LogP contribution in [0, 0.1) is 6.92 Å².